The minimum absolute atomic E-state index is 0.0412. The molecule has 34 heavy (non-hydrogen) atoms. The number of rotatable bonds is 8. The van der Waals surface area contributed by atoms with E-state index in [1.165, 1.54) is 5.56 Å². The molecule has 3 rings (SSSR count). The molecule has 7 nitrogen and oxygen atoms in total. The fourth-order valence-corrected chi connectivity index (χ4v) is 3.20. The normalized spacial score (nSPS) is 10.2. The maximum Gasteiger partial charge on any atom is 0.276 e. The van der Waals surface area contributed by atoms with E-state index in [2.05, 4.69) is 16.2 Å². The lowest BCUT2D eigenvalue weighted by molar-refractivity contribution is -0.123. The highest BCUT2D eigenvalue weighted by atomic mass is 32.1. The second-order valence-corrected chi connectivity index (χ2v) is 7.96. The number of aryl methyl sites for hydroxylation is 1. The third kappa shape index (κ3) is 7.60. The molecule has 0 aliphatic carbocycles. The predicted octanol–water partition coefficient (Wildman–Crippen LogP) is 3.64. The van der Waals surface area contributed by atoms with Crippen molar-refractivity contribution in [2.75, 3.05) is 13.2 Å². The molecule has 0 atom stereocenters. The molecule has 3 aromatic carbocycles. The monoisotopic (exact) mass is 477 g/mol. The largest absolute Gasteiger partial charge is 0.493 e. The van der Waals surface area contributed by atoms with Gasteiger partial charge in [0.2, 0.25) is 0 Å². The highest BCUT2D eigenvalue weighted by Gasteiger charge is 2.11. The van der Waals surface area contributed by atoms with Crippen LogP contribution < -0.4 is 25.6 Å². The Kier molecular flexibility index (Phi) is 8.99. The molecule has 0 aliphatic heterocycles. The van der Waals surface area contributed by atoms with E-state index in [1.807, 2.05) is 56.3 Å². The summed E-state index contributed by atoms with van der Waals surface area (Å²) >= 11 is 5.09. The van der Waals surface area contributed by atoms with Gasteiger partial charge in [-0.2, -0.15) is 0 Å². The number of hydrogen-bond acceptors (Lipinski definition) is 5. The Balaban J connectivity index is 1.41. The fourth-order valence-electron chi connectivity index (χ4n) is 3.05. The standard InChI is InChI=1S/C26H27N3O4S/c1-18-8-6-13-23(19(18)2)33-17-24(30)28-29-26(34)27-25(31)21-11-7-12-22(16-21)32-15-14-20-9-4-3-5-10-20/h3-13,16H,14-15,17H2,1-2H3,(H,28,30)(H2,27,29,31,34). The first-order chi connectivity index (χ1) is 16.4. The van der Waals surface area contributed by atoms with Crippen molar-refractivity contribution in [3.8, 4) is 11.5 Å². The summed E-state index contributed by atoms with van der Waals surface area (Å²) in [5.41, 5.74) is 8.51. The van der Waals surface area contributed by atoms with Crippen LogP contribution in [0.1, 0.15) is 27.0 Å². The number of carbonyl (C=O) groups is 2. The number of thiocarbonyl (C=S) groups is 1. The fraction of sp³-hybridized carbons (Fsp3) is 0.192. The molecule has 0 aliphatic rings. The van der Waals surface area contributed by atoms with Gasteiger partial charge in [0.25, 0.3) is 11.8 Å². The van der Waals surface area contributed by atoms with Crippen molar-refractivity contribution in [2.24, 2.45) is 0 Å². The second-order valence-electron chi connectivity index (χ2n) is 7.56. The zero-order valence-corrected chi connectivity index (χ0v) is 19.9. The highest BCUT2D eigenvalue weighted by Crippen LogP contribution is 2.20. The SMILES string of the molecule is Cc1cccc(OCC(=O)NNC(=S)NC(=O)c2cccc(OCCc3ccccc3)c2)c1C. The lowest BCUT2D eigenvalue weighted by Crippen LogP contribution is -2.49. The van der Waals surface area contributed by atoms with Crippen LogP contribution in [0.25, 0.3) is 0 Å². The van der Waals surface area contributed by atoms with Gasteiger partial charge in [0.15, 0.2) is 11.7 Å². The summed E-state index contributed by atoms with van der Waals surface area (Å²) in [4.78, 5) is 24.5. The van der Waals surface area contributed by atoms with Crippen molar-refractivity contribution in [2.45, 2.75) is 20.3 Å². The Labute approximate surface area is 204 Å². The second kappa shape index (κ2) is 12.4. The Morgan fingerprint density at radius 1 is 0.882 bits per heavy atom. The van der Waals surface area contributed by atoms with E-state index in [1.54, 1.807) is 30.3 Å². The van der Waals surface area contributed by atoms with Crippen LogP contribution in [0.15, 0.2) is 72.8 Å². The number of benzene rings is 3. The molecular weight excluding hydrogens is 450 g/mol. The molecule has 0 spiro atoms. The minimum atomic E-state index is -0.439. The minimum Gasteiger partial charge on any atom is -0.493 e. The average Bonchev–Trinajstić information content (AvgIpc) is 2.84. The smallest absolute Gasteiger partial charge is 0.276 e. The van der Waals surface area contributed by atoms with Crippen molar-refractivity contribution in [1.82, 2.24) is 16.2 Å². The molecule has 3 N–H and O–H groups in total. The van der Waals surface area contributed by atoms with Crippen LogP contribution in [0.5, 0.6) is 11.5 Å². The molecular formula is C26H27N3O4S. The molecule has 0 unspecified atom stereocenters. The number of hydrogen-bond donors (Lipinski definition) is 3. The summed E-state index contributed by atoms with van der Waals surface area (Å²) in [6, 6.07) is 22.5. The topological polar surface area (TPSA) is 88.7 Å². The molecule has 0 saturated carbocycles. The van der Waals surface area contributed by atoms with Crippen LogP contribution in [0.2, 0.25) is 0 Å². The van der Waals surface area contributed by atoms with Crippen LogP contribution in [0.4, 0.5) is 0 Å². The Morgan fingerprint density at radius 3 is 2.44 bits per heavy atom. The molecule has 0 saturated heterocycles. The van der Waals surface area contributed by atoms with Gasteiger partial charge < -0.3 is 9.47 Å². The van der Waals surface area contributed by atoms with Gasteiger partial charge in [-0.05, 0) is 67.0 Å². The van der Waals surface area contributed by atoms with Gasteiger partial charge in [0.1, 0.15) is 11.5 Å². The van der Waals surface area contributed by atoms with E-state index in [0.717, 1.165) is 17.5 Å². The van der Waals surface area contributed by atoms with E-state index < -0.39 is 11.8 Å². The van der Waals surface area contributed by atoms with Crippen molar-refractivity contribution < 1.29 is 19.1 Å². The molecule has 0 aromatic heterocycles. The summed E-state index contributed by atoms with van der Waals surface area (Å²) in [6.45, 7) is 4.19. The average molecular weight is 478 g/mol. The number of amides is 2. The Hall–Kier alpha value is -3.91. The number of nitrogens with one attached hydrogen (secondary N) is 3. The van der Waals surface area contributed by atoms with Gasteiger partial charge in [0, 0.05) is 12.0 Å². The molecule has 176 valence electrons. The summed E-state index contributed by atoms with van der Waals surface area (Å²) in [5, 5.41) is 2.48. The van der Waals surface area contributed by atoms with Crippen LogP contribution in [-0.2, 0) is 11.2 Å². The van der Waals surface area contributed by atoms with Crippen LogP contribution >= 0.6 is 12.2 Å². The summed E-state index contributed by atoms with van der Waals surface area (Å²) < 4.78 is 11.3. The van der Waals surface area contributed by atoms with Crippen molar-refractivity contribution in [3.63, 3.8) is 0 Å². The number of ether oxygens (including phenoxy) is 2. The van der Waals surface area contributed by atoms with Crippen LogP contribution in [0.3, 0.4) is 0 Å². The van der Waals surface area contributed by atoms with Gasteiger partial charge in [-0.3, -0.25) is 25.8 Å². The Morgan fingerprint density at radius 2 is 1.65 bits per heavy atom. The molecule has 0 fully saturated rings. The summed E-state index contributed by atoms with van der Waals surface area (Å²) in [5.74, 6) is 0.356. The first kappa shape index (κ1) is 24.7. The number of carbonyl (C=O) groups excluding carboxylic acids is 2. The molecule has 2 amide bonds. The number of hydrazine groups is 1. The zero-order valence-electron chi connectivity index (χ0n) is 19.1. The van der Waals surface area contributed by atoms with Crippen LogP contribution in [-0.4, -0.2) is 30.1 Å². The van der Waals surface area contributed by atoms with Gasteiger partial charge in [0.05, 0.1) is 6.61 Å². The third-order valence-corrected chi connectivity index (χ3v) is 5.26. The molecule has 0 bridgehead atoms. The van der Waals surface area contributed by atoms with E-state index in [4.69, 9.17) is 21.7 Å². The molecule has 0 heterocycles. The van der Waals surface area contributed by atoms with E-state index >= 15 is 0 Å². The maximum atomic E-state index is 12.5. The van der Waals surface area contributed by atoms with Gasteiger partial charge in [-0.15, -0.1) is 0 Å². The van der Waals surface area contributed by atoms with E-state index in [9.17, 15) is 9.59 Å². The molecule has 0 radical (unpaired) electrons. The third-order valence-electron chi connectivity index (χ3n) is 5.05. The van der Waals surface area contributed by atoms with Gasteiger partial charge in [-0.1, -0.05) is 48.5 Å². The maximum absolute atomic E-state index is 12.5. The highest BCUT2D eigenvalue weighted by molar-refractivity contribution is 7.80. The van der Waals surface area contributed by atoms with E-state index in [0.29, 0.717) is 23.7 Å². The molecule has 8 heteroatoms. The van der Waals surface area contributed by atoms with Gasteiger partial charge in [-0.25, -0.2) is 0 Å². The van der Waals surface area contributed by atoms with Crippen LogP contribution in [0, 0.1) is 13.8 Å². The first-order valence-corrected chi connectivity index (χ1v) is 11.2. The first-order valence-electron chi connectivity index (χ1n) is 10.8. The lowest BCUT2D eigenvalue weighted by atomic mass is 10.1. The van der Waals surface area contributed by atoms with Crippen molar-refractivity contribution in [1.29, 1.82) is 0 Å². The Bertz CT molecular complexity index is 1150. The molecule has 3 aromatic rings. The predicted molar refractivity (Wildman–Crippen MR) is 135 cm³/mol. The van der Waals surface area contributed by atoms with E-state index in [-0.39, 0.29) is 11.7 Å². The van der Waals surface area contributed by atoms with Crippen molar-refractivity contribution >= 4 is 29.1 Å². The van der Waals surface area contributed by atoms with Gasteiger partial charge >= 0.3 is 0 Å². The zero-order chi connectivity index (χ0) is 24.3. The summed E-state index contributed by atoms with van der Waals surface area (Å²) in [6.07, 6.45) is 0.762. The van der Waals surface area contributed by atoms with Crippen molar-refractivity contribution in [3.05, 3.63) is 95.1 Å². The quantitative estimate of drug-likeness (QED) is 0.339. The summed E-state index contributed by atoms with van der Waals surface area (Å²) in [7, 11) is 0. The lowest BCUT2D eigenvalue weighted by Gasteiger charge is -2.13.